The van der Waals surface area contributed by atoms with Crippen LogP contribution in [0.5, 0.6) is 0 Å². The molecular formula is C11H11F3N2O. The zero-order valence-electron chi connectivity index (χ0n) is 8.87. The molecule has 0 amide bonds. The Bertz CT molecular complexity index is 400. The van der Waals surface area contributed by atoms with Crippen LogP contribution in [0.1, 0.15) is 5.56 Å². The molecular weight excluding hydrogens is 233 g/mol. The third-order valence-corrected chi connectivity index (χ3v) is 2.39. The van der Waals surface area contributed by atoms with E-state index in [4.69, 9.17) is 4.74 Å². The van der Waals surface area contributed by atoms with Gasteiger partial charge in [-0.2, -0.15) is 13.2 Å². The number of ether oxygens (including phenoxy) is 1. The normalized spacial score (nSPS) is 19.1. The van der Waals surface area contributed by atoms with Crippen LogP contribution in [0, 0.1) is 0 Å². The van der Waals surface area contributed by atoms with E-state index in [1.807, 2.05) is 0 Å². The molecule has 0 bridgehead atoms. The molecule has 92 valence electrons. The van der Waals surface area contributed by atoms with Crippen molar-refractivity contribution in [1.82, 2.24) is 0 Å². The zero-order chi connectivity index (χ0) is 12.3. The van der Waals surface area contributed by atoms with Crippen LogP contribution in [0.3, 0.4) is 0 Å². The van der Waals surface area contributed by atoms with Gasteiger partial charge in [0, 0.05) is 12.2 Å². The van der Waals surface area contributed by atoms with Gasteiger partial charge in [-0.15, -0.1) is 0 Å². The first-order valence-electron chi connectivity index (χ1n) is 5.10. The Morgan fingerprint density at radius 1 is 1.29 bits per heavy atom. The number of nitrogens with zero attached hydrogens (tertiary/aromatic N) is 1. The second-order valence-corrected chi connectivity index (χ2v) is 3.70. The van der Waals surface area contributed by atoms with Gasteiger partial charge in [0.05, 0.1) is 5.56 Å². The lowest BCUT2D eigenvalue weighted by molar-refractivity contribution is -0.137. The van der Waals surface area contributed by atoms with Gasteiger partial charge in [0.2, 0.25) is 0 Å². The molecule has 1 heterocycles. The molecule has 2 rings (SSSR count). The SMILES string of the molecule is FC(F)(F)c1ccc(NCC2COC=N2)cc1. The summed E-state index contributed by atoms with van der Waals surface area (Å²) < 4.78 is 41.8. The summed E-state index contributed by atoms with van der Waals surface area (Å²) in [5, 5.41) is 3.00. The second kappa shape index (κ2) is 4.65. The minimum Gasteiger partial charge on any atom is -0.481 e. The van der Waals surface area contributed by atoms with Gasteiger partial charge < -0.3 is 10.1 Å². The number of rotatable bonds is 3. The third kappa shape index (κ3) is 3.12. The van der Waals surface area contributed by atoms with E-state index >= 15 is 0 Å². The highest BCUT2D eigenvalue weighted by Gasteiger charge is 2.29. The first kappa shape index (κ1) is 11.8. The van der Waals surface area contributed by atoms with E-state index in [0.717, 1.165) is 12.1 Å². The van der Waals surface area contributed by atoms with E-state index < -0.39 is 11.7 Å². The van der Waals surface area contributed by atoms with Crippen molar-refractivity contribution < 1.29 is 17.9 Å². The number of hydrogen-bond acceptors (Lipinski definition) is 3. The number of anilines is 1. The molecule has 1 atom stereocenters. The van der Waals surface area contributed by atoms with Crippen LogP contribution in [-0.2, 0) is 10.9 Å². The number of alkyl halides is 3. The summed E-state index contributed by atoms with van der Waals surface area (Å²) in [6.45, 7) is 1.05. The monoisotopic (exact) mass is 244 g/mol. The first-order chi connectivity index (χ1) is 8.05. The Balaban J connectivity index is 1.91. The predicted molar refractivity (Wildman–Crippen MR) is 58.2 cm³/mol. The minimum atomic E-state index is -4.29. The Kier molecular flexibility index (Phi) is 3.21. The molecule has 1 aromatic carbocycles. The lowest BCUT2D eigenvalue weighted by Gasteiger charge is -2.11. The Labute approximate surface area is 96.3 Å². The van der Waals surface area contributed by atoms with Crippen molar-refractivity contribution in [2.75, 3.05) is 18.5 Å². The molecule has 6 heteroatoms. The topological polar surface area (TPSA) is 33.6 Å². The largest absolute Gasteiger partial charge is 0.481 e. The highest BCUT2D eigenvalue weighted by Crippen LogP contribution is 2.29. The fourth-order valence-corrected chi connectivity index (χ4v) is 1.45. The van der Waals surface area contributed by atoms with Gasteiger partial charge in [0.25, 0.3) is 0 Å². The Hall–Kier alpha value is -1.72. The molecule has 0 spiro atoms. The van der Waals surface area contributed by atoms with Crippen molar-refractivity contribution in [2.24, 2.45) is 4.99 Å². The van der Waals surface area contributed by atoms with Crippen LogP contribution in [0.25, 0.3) is 0 Å². The number of halogens is 3. The molecule has 1 N–H and O–H groups in total. The average molecular weight is 244 g/mol. The van der Waals surface area contributed by atoms with E-state index in [1.54, 1.807) is 0 Å². The summed E-state index contributed by atoms with van der Waals surface area (Å²) in [4.78, 5) is 4.02. The van der Waals surface area contributed by atoms with E-state index in [1.165, 1.54) is 18.5 Å². The van der Waals surface area contributed by atoms with Gasteiger partial charge in [-0.25, -0.2) is 4.99 Å². The maximum Gasteiger partial charge on any atom is 0.416 e. The molecule has 3 nitrogen and oxygen atoms in total. The van der Waals surface area contributed by atoms with E-state index in [9.17, 15) is 13.2 Å². The third-order valence-electron chi connectivity index (χ3n) is 2.39. The summed E-state index contributed by atoms with van der Waals surface area (Å²) in [6, 6.07) is 4.94. The molecule has 0 aromatic heterocycles. The lowest BCUT2D eigenvalue weighted by Crippen LogP contribution is -2.19. The molecule has 1 aromatic rings. The summed E-state index contributed by atoms with van der Waals surface area (Å²) in [6.07, 6.45) is -2.90. The van der Waals surface area contributed by atoms with Crippen LogP contribution in [0.4, 0.5) is 18.9 Å². The van der Waals surface area contributed by atoms with Crippen molar-refractivity contribution in [2.45, 2.75) is 12.2 Å². The van der Waals surface area contributed by atoms with Crippen molar-refractivity contribution in [1.29, 1.82) is 0 Å². The lowest BCUT2D eigenvalue weighted by atomic mass is 10.2. The number of benzene rings is 1. The predicted octanol–water partition coefficient (Wildman–Crippen LogP) is 2.54. The molecule has 0 saturated carbocycles. The molecule has 0 radical (unpaired) electrons. The summed E-state index contributed by atoms with van der Waals surface area (Å²) >= 11 is 0. The highest BCUT2D eigenvalue weighted by molar-refractivity contribution is 5.50. The van der Waals surface area contributed by atoms with Gasteiger partial charge in [-0.3, -0.25) is 0 Å². The summed E-state index contributed by atoms with van der Waals surface area (Å²) in [5.41, 5.74) is -0.00892. The van der Waals surface area contributed by atoms with Crippen molar-refractivity contribution in [3.63, 3.8) is 0 Å². The Morgan fingerprint density at radius 3 is 2.53 bits per heavy atom. The molecule has 0 aliphatic carbocycles. The number of nitrogens with one attached hydrogen (secondary N) is 1. The van der Waals surface area contributed by atoms with Gasteiger partial charge in [-0.1, -0.05) is 0 Å². The quantitative estimate of drug-likeness (QED) is 0.886. The van der Waals surface area contributed by atoms with Crippen LogP contribution in [0.2, 0.25) is 0 Å². The average Bonchev–Trinajstić information content (AvgIpc) is 2.78. The molecule has 1 aliphatic rings. The summed E-state index contributed by atoms with van der Waals surface area (Å²) in [5.74, 6) is 0. The molecule has 17 heavy (non-hydrogen) atoms. The second-order valence-electron chi connectivity index (χ2n) is 3.70. The van der Waals surface area contributed by atoms with Crippen molar-refractivity contribution >= 4 is 12.1 Å². The van der Waals surface area contributed by atoms with Crippen LogP contribution in [-0.4, -0.2) is 25.6 Å². The van der Waals surface area contributed by atoms with Crippen molar-refractivity contribution in [3.05, 3.63) is 29.8 Å². The van der Waals surface area contributed by atoms with Gasteiger partial charge in [-0.05, 0) is 24.3 Å². The molecule has 0 fully saturated rings. The van der Waals surface area contributed by atoms with E-state index in [0.29, 0.717) is 18.8 Å². The fraction of sp³-hybridized carbons (Fsp3) is 0.364. The number of hydrogen-bond donors (Lipinski definition) is 1. The minimum absolute atomic E-state index is 0.0253. The highest BCUT2D eigenvalue weighted by atomic mass is 19.4. The molecule has 1 aliphatic heterocycles. The van der Waals surface area contributed by atoms with Gasteiger partial charge >= 0.3 is 6.18 Å². The standard InChI is InChI=1S/C11H11F3N2O/c12-11(13,14)8-1-3-9(4-2-8)15-5-10-6-17-7-16-10/h1-4,7,10,15H,5-6H2. The first-order valence-corrected chi connectivity index (χ1v) is 5.10. The maximum atomic E-state index is 12.3. The molecule has 1 unspecified atom stereocenters. The fourth-order valence-electron chi connectivity index (χ4n) is 1.45. The van der Waals surface area contributed by atoms with Crippen LogP contribution >= 0.6 is 0 Å². The number of aliphatic imine (C=N–C) groups is 1. The summed E-state index contributed by atoms with van der Waals surface area (Å²) in [7, 11) is 0. The maximum absolute atomic E-state index is 12.3. The van der Waals surface area contributed by atoms with Crippen molar-refractivity contribution in [3.8, 4) is 0 Å². The van der Waals surface area contributed by atoms with Crippen LogP contribution in [0.15, 0.2) is 29.3 Å². The van der Waals surface area contributed by atoms with Gasteiger partial charge in [0.1, 0.15) is 12.6 Å². The van der Waals surface area contributed by atoms with E-state index in [2.05, 4.69) is 10.3 Å². The zero-order valence-corrected chi connectivity index (χ0v) is 8.87. The smallest absolute Gasteiger partial charge is 0.416 e. The molecule has 0 saturated heterocycles. The Morgan fingerprint density at radius 2 is 2.00 bits per heavy atom. The van der Waals surface area contributed by atoms with E-state index in [-0.39, 0.29) is 6.04 Å². The van der Waals surface area contributed by atoms with Crippen LogP contribution < -0.4 is 5.32 Å². The van der Waals surface area contributed by atoms with Gasteiger partial charge in [0.15, 0.2) is 6.40 Å².